The van der Waals surface area contributed by atoms with Crippen LogP contribution in [0, 0.1) is 5.82 Å². The van der Waals surface area contributed by atoms with Crippen LogP contribution in [0.5, 0.6) is 0 Å². The van der Waals surface area contributed by atoms with Crippen LogP contribution in [0.1, 0.15) is 48.4 Å². The topological polar surface area (TPSA) is 50.2 Å². The molecule has 0 aliphatic rings. The van der Waals surface area contributed by atoms with Crippen LogP contribution in [0.3, 0.4) is 0 Å². The zero-order chi connectivity index (χ0) is 20.8. The summed E-state index contributed by atoms with van der Waals surface area (Å²) in [7, 11) is 0. The average Bonchev–Trinajstić information content (AvgIpc) is 3.41. The molecule has 3 rings (SSSR count). The number of hydrogen-bond donors (Lipinski definition) is 1. The van der Waals surface area contributed by atoms with E-state index in [-0.39, 0.29) is 17.8 Å². The molecule has 2 heterocycles. The minimum Gasteiger partial charge on any atom is -0.350 e. The lowest BCUT2D eigenvalue weighted by Crippen LogP contribution is -2.38. The molecule has 0 spiro atoms. The van der Waals surface area contributed by atoms with Crippen molar-refractivity contribution in [2.45, 2.75) is 33.2 Å². The highest BCUT2D eigenvalue weighted by atomic mass is 32.1. The Hall–Kier alpha value is -2.51. The first-order chi connectivity index (χ1) is 14.1. The van der Waals surface area contributed by atoms with Crippen molar-refractivity contribution in [3.05, 3.63) is 69.9 Å². The third kappa shape index (κ3) is 4.74. The molecule has 0 aliphatic carbocycles. The predicted molar refractivity (Wildman–Crippen MR) is 115 cm³/mol. The third-order valence-corrected chi connectivity index (χ3v) is 5.86. The maximum absolute atomic E-state index is 13.2. The lowest BCUT2D eigenvalue weighted by atomic mass is 10.1. The number of nitrogens with one attached hydrogen (secondary N) is 1. The van der Waals surface area contributed by atoms with Gasteiger partial charge in [-0.2, -0.15) is 16.4 Å². The molecule has 1 unspecified atom stereocenters. The second-order valence-corrected chi connectivity index (χ2v) is 7.53. The third-order valence-electron chi connectivity index (χ3n) is 5.16. The van der Waals surface area contributed by atoms with Crippen LogP contribution in [-0.2, 0) is 6.42 Å². The Morgan fingerprint density at radius 3 is 2.52 bits per heavy atom. The molecule has 1 aromatic carbocycles. The van der Waals surface area contributed by atoms with Crippen molar-refractivity contribution in [3.63, 3.8) is 0 Å². The summed E-state index contributed by atoms with van der Waals surface area (Å²) in [6.07, 6.45) is 2.23. The predicted octanol–water partition coefficient (Wildman–Crippen LogP) is 4.45. The zero-order valence-electron chi connectivity index (χ0n) is 17.1. The quantitative estimate of drug-likeness (QED) is 0.563. The van der Waals surface area contributed by atoms with Gasteiger partial charge < -0.3 is 5.32 Å². The monoisotopic (exact) mass is 414 g/mol. The van der Waals surface area contributed by atoms with Gasteiger partial charge in [0.15, 0.2) is 0 Å². The largest absolute Gasteiger partial charge is 0.350 e. The lowest BCUT2D eigenvalue weighted by Gasteiger charge is -2.29. The molecule has 7 heteroatoms. The molecule has 3 aromatic rings. The molecule has 29 heavy (non-hydrogen) atoms. The summed E-state index contributed by atoms with van der Waals surface area (Å²) in [6, 6.07) is 8.37. The van der Waals surface area contributed by atoms with Gasteiger partial charge in [0.1, 0.15) is 5.82 Å². The summed E-state index contributed by atoms with van der Waals surface area (Å²) in [5.41, 5.74) is 3.32. The number of rotatable bonds is 9. The maximum Gasteiger partial charge on any atom is 0.254 e. The minimum absolute atomic E-state index is 0.136. The molecular weight excluding hydrogens is 387 g/mol. The second kappa shape index (κ2) is 9.80. The molecule has 1 amide bonds. The number of halogens is 1. The van der Waals surface area contributed by atoms with E-state index in [1.54, 1.807) is 34.3 Å². The summed E-state index contributed by atoms with van der Waals surface area (Å²) in [5.74, 6) is -0.435. The van der Waals surface area contributed by atoms with Crippen molar-refractivity contribution in [1.29, 1.82) is 0 Å². The molecule has 0 saturated heterocycles. The van der Waals surface area contributed by atoms with E-state index in [9.17, 15) is 9.18 Å². The number of likely N-dealkylation sites (N-methyl/N-ethyl adjacent to an activating group) is 1. The molecule has 0 fully saturated rings. The van der Waals surface area contributed by atoms with Gasteiger partial charge in [-0.1, -0.05) is 20.8 Å². The van der Waals surface area contributed by atoms with Gasteiger partial charge in [-0.3, -0.25) is 9.69 Å². The van der Waals surface area contributed by atoms with E-state index < -0.39 is 0 Å². The molecule has 0 bridgehead atoms. The van der Waals surface area contributed by atoms with E-state index in [2.05, 4.69) is 46.0 Å². The van der Waals surface area contributed by atoms with Crippen molar-refractivity contribution in [2.24, 2.45) is 0 Å². The molecule has 0 aliphatic heterocycles. The number of hydrogen-bond acceptors (Lipinski definition) is 4. The van der Waals surface area contributed by atoms with Crippen molar-refractivity contribution in [1.82, 2.24) is 20.0 Å². The van der Waals surface area contributed by atoms with Crippen LogP contribution in [0.2, 0.25) is 0 Å². The molecular formula is C22H27FN4OS. The molecule has 154 valence electrons. The van der Waals surface area contributed by atoms with Crippen LogP contribution >= 0.6 is 11.3 Å². The van der Waals surface area contributed by atoms with E-state index >= 15 is 0 Å². The number of nitrogens with zero attached hydrogens (tertiary/aromatic N) is 3. The van der Waals surface area contributed by atoms with Gasteiger partial charge in [0, 0.05) is 6.54 Å². The zero-order valence-corrected chi connectivity index (χ0v) is 17.9. The van der Waals surface area contributed by atoms with Crippen LogP contribution < -0.4 is 5.32 Å². The molecule has 1 atom stereocenters. The Labute approximate surface area is 175 Å². The first kappa shape index (κ1) is 21.2. The van der Waals surface area contributed by atoms with Gasteiger partial charge in [-0.15, -0.1) is 0 Å². The first-order valence-electron chi connectivity index (χ1n) is 9.96. The molecule has 0 saturated carbocycles. The van der Waals surface area contributed by atoms with Gasteiger partial charge >= 0.3 is 0 Å². The lowest BCUT2D eigenvalue weighted by molar-refractivity contribution is 0.0934. The second-order valence-electron chi connectivity index (χ2n) is 6.75. The normalized spacial score (nSPS) is 12.3. The number of carbonyl (C=O) groups is 1. The number of carbonyl (C=O) groups excluding carboxylic acids is 1. The molecule has 1 N–H and O–H groups in total. The van der Waals surface area contributed by atoms with Gasteiger partial charge in [-0.05, 0) is 66.2 Å². The van der Waals surface area contributed by atoms with Gasteiger partial charge in [0.25, 0.3) is 5.91 Å². The minimum atomic E-state index is -0.298. The fraction of sp³-hybridized carbons (Fsp3) is 0.364. The summed E-state index contributed by atoms with van der Waals surface area (Å²) in [6.45, 7) is 8.60. The van der Waals surface area contributed by atoms with Gasteiger partial charge in [0.2, 0.25) is 0 Å². The van der Waals surface area contributed by atoms with Crippen LogP contribution in [0.4, 0.5) is 4.39 Å². The highest BCUT2D eigenvalue weighted by molar-refractivity contribution is 7.07. The SMILES string of the molecule is CCc1c(C(=O)NCC(c2ccsc2)N(CC)CC)cnn1-c1ccc(F)cc1. The highest BCUT2D eigenvalue weighted by Gasteiger charge is 2.22. The smallest absolute Gasteiger partial charge is 0.254 e. The Kier molecular flexibility index (Phi) is 7.17. The molecule has 2 aromatic heterocycles. The fourth-order valence-electron chi connectivity index (χ4n) is 3.58. The van der Waals surface area contributed by atoms with Crippen LogP contribution in [0.15, 0.2) is 47.3 Å². The standard InChI is InChI=1S/C22H27FN4OS/c1-4-20-19(13-25-27(20)18-9-7-17(23)8-10-18)22(28)24-14-21(26(5-2)6-3)16-11-12-29-15-16/h7-13,15,21H,4-6,14H2,1-3H3,(H,24,28). The number of thiophene rings is 1. The van der Waals surface area contributed by atoms with Gasteiger partial charge in [0.05, 0.1) is 29.2 Å². The summed E-state index contributed by atoms with van der Waals surface area (Å²) >= 11 is 1.67. The van der Waals surface area contributed by atoms with Crippen molar-refractivity contribution in [2.75, 3.05) is 19.6 Å². The van der Waals surface area contributed by atoms with E-state index in [1.165, 1.54) is 17.7 Å². The van der Waals surface area contributed by atoms with Crippen LogP contribution in [-0.4, -0.2) is 40.2 Å². The van der Waals surface area contributed by atoms with E-state index in [4.69, 9.17) is 0 Å². The Bertz CT molecular complexity index is 917. The Morgan fingerprint density at radius 2 is 1.93 bits per heavy atom. The first-order valence-corrected chi connectivity index (χ1v) is 10.9. The number of benzene rings is 1. The maximum atomic E-state index is 13.2. The Morgan fingerprint density at radius 1 is 1.21 bits per heavy atom. The highest BCUT2D eigenvalue weighted by Crippen LogP contribution is 2.23. The van der Waals surface area contributed by atoms with Crippen molar-refractivity contribution < 1.29 is 9.18 Å². The molecule has 0 radical (unpaired) electrons. The molecule has 5 nitrogen and oxygen atoms in total. The average molecular weight is 415 g/mol. The number of amides is 1. The summed E-state index contributed by atoms with van der Waals surface area (Å²) in [5, 5.41) is 11.7. The van der Waals surface area contributed by atoms with E-state index in [0.717, 1.165) is 24.5 Å². The van der Waals surface area contributed by atoms with E-state index in [0.29, 0.717) is 18.5 Å². The van der Waals surface area contributed by atoms with Gasteiger partial charge in [-0.25, -0.2) is 9.07 Å². The summed E-state index contributed by atoms with van der Waals surface area (Å²) in [4.78, 5) is 15.3. The summed E-state index contributed by atoms with van der Waals surface area (Å²) < 4.78 is 14.9. The van der Waals surface area contributed by atoms with E-state index in [1.807, 2.05) is 6.92 Å². The van der Waals surface area contributed by atoms with Crippen molar-refractivity contribution in [3.8, 4) is 5.69 Å². The Balaban J connectivity index is 1.79. The fourth-order valence-corrected chi connectivity index (χ4v) is 4.29. The number of aromatic nitrogens is 2. The van der Waals surface area contributed by atoms with Crippen LogP contribution in [0.25, 0.3) is 5.69 Å². The van der Waals surface area contributed by atoms with Crippen molar-refractivity contribution >= 4 is 17.2 Å².